The standard InChI is InChI=1S/C43H63NO5/c1-5-6-7-8-9-10-11-12-13-14-15-16-17-18-19-26-35-44-41(45)48-36-43(47-4,38-29-24-21-25-30-38)42(2,37-27-22-20-23-28-37)49-40-33-31-39(46-3)32-34-40/h20-25,27-34H,5-19,26,35-36H2,1-4H3,(H,44,45). The van der Waals surface area contributed by atoms with E-state index in [1.165, 1.54) is 89.9 Å². The first-order valence-corrected chi connectivity index (χ1v) is 18.9. The average molecular weight is 674 g/mol. The van der Waals surface area contributed by atoms with Crippen molar-refractivity contribution in [3.63, 3.8) is 0 Å². The molecule has 49 heavy (non-hydrogen) atoms. The fraction of sp³-hybridized carbons (Fsp3) is 0.558. The third-order valence-corrected chi connectivity index (χ3v) is 9.77. The molecule has 0 aliphatic rings. The normalized spacial score (nSPS) is 13.6. The quantitative estimate of drug-likeness (QED) is 0.0859. The second kappa shape index (κ2) is 23.0. The highest BCUT2D eigenvalue weighted by Crippen LogP contribution is 2.47. The van der Waals surface area contributed by atoms with E-state index in [-0.39, 0.29) is 6.61 Å². The molecule has 3 rings (SSSR count). The molecule has 0 spiro atoms. The molecule has 0 aromatic heterocycles. The summed E-state index contributed by atoms with van der Waals surface area (Å²) in [6, 6.07) is 27.3. The summed E-state index contributed by atoms with van der Waals surface area (Å²) in [6.45, 7) is 4.79. The molecule has 1 N–H and O–H groups in total. The van der Waals surface area contributed by atoms with Crippen LogP contribution >= 0.6 is 0 Å². The molecule has 0 saturated carbocycles. The van der Waals surface area contributed by atoms with Gasteiger partial charge in [0.15, 0.2) is 11.2 Å². The van der Waals surface area contributed by atoms with Gasteiger partial charge in [0.1, 0.15) is 18.1 Å². The molecule has 0 fully saturated rings. The lowest BCUT2D eigenvalue weighted by Gasteiger charge is -2.47. The first-order valence-electron chi connectivity index (χ1n) is 18.9. The third kappa shape index (κ3) is 13.0. The van der Waals surface area contributed by atoms with Crippen LogP contribution in [0.1, 0.15) is 128 Å². The van der Waals surface area contributed by atoms with Gasteiger partial charge >= 0.3 is 6.09 Å². The lowest BCUT2D eigenvalue weighted by molar-refractivity contribution is -0.181. The SMILES string of the molecule is CCCCCCCCCCCCCCCCCCNC(=O)OCC(OC)(c1ccccc1)C(C)(Oc1ccc(OC)cc1)c1ccccc1. The van der Waals surface area contributed by atoms with Gasteiger partial charge in [0.05, 0.1) is 7.11 Å². The number of nitrogens with one attached hydrogen (secondary N) is 1. The summed E-state index contributed by atoms with van der Waals surface area (Å²) >= 11 is 0. The van der Waals surface area contributed by atoms with E-state index in [2.05, 4.69) is 12.2 Å². The second-order valence-corrected chi connectivity index (χ2v) is 13.4. The molecule has 6 nitrogen and oxygen atoms in total. The Labute approximate surface area is 297 Å². The van der Waals surface area contributed by atoms with Crippen LogP contribution in [0, 0.1) is 0 Å². The van der Waals surface area contributed by atoms with Crippen molar-refractivity contribution in [2.24, 2.45) is 0 Å². The zero-order valence-corrected chi connectivity index (χ0v) is 30.9. The topological polar surface area (TPSA) is 66.0 Å². The van der Waals surface area contributed by atoms with E-state index in [1.54, 1.807) is 14.2 Å². The maximum absolute atomic E-state index is 13.0. The molecule has 0 aliphatic heterocycles. The smallest absolute Gasteiger partial charge is 0.407 e. The van der Waals surface area contributed by atoms with E-state index in [1.807, 2.05) is 91.9 Å². The summed E-state index contributed by atoms with van der Waals surface area (Å²) < 4.78 is 24.5. The molecule has 3 aromatic carbocycles. The molecule has 0 bridgehead atoms. The van der Waals surface area contributed by atoms with Crippen LogP contribution in [0.25, 0.3) is 0 Å². The van der Waals surface area contributed by atoms with E-state index < -0.39 is 17.3 Å². The fourth-order valence-corrected chi connectivity index (χ4v) is 6.67. The Kier molecular flexibility index (Phi) is 18.7. The summed E-state index contributed by atoms with van der Waals surface area (Å²) in [6.07, 6.45) is 20.6. The molecule has 3 aromatic rings. The Bertz CT molecular complexity index is 1270. The lowest BCUT2D eigenvalue weighted by atomic mass is 9.74. The molecule has 1 amide bonds. The monoisotopic (exact) mass is 673 g/mol. The van der Waals surface area contributed by atoms with E-state index in [4.69, 9.17) is 18.9 Å². The Morgan fingerprint density at radius 2 is 1.04 bits per heavy atom. The van der Waals surface area contributed by atoms with Crippen molar-refractivity contribution >= 4 is 6.09 Å². The summed E-state index contributed by atoms with van der Waals surface area (Å²) in [5.41, 5.74) is -0.550. The zero-order chi connectivity index (χ0) is 35.0. The highest BCUT2D eigenvalue weighted by atomic mass is 16.6. The van der Waals surface area contributed by atoms with Gasteiger partial charge in [0, 0.05) is 13.7 Å². The van der Waals surface area contributed by atoms with Gasteiger partial charge in [-0.05, 0) is 48.7 Å². The second-order valence-electron chi connectivity index (χ2n) is 13.4. The van der Waals surface area contributed by atoms with E-state index in [0.29, 0.717) is 12.3 Å². The Balaban J connectivity index is 1.48. The van der Waals surface area contributed by atoms with Crippen molar-refractivity contribution in [3.8, 4) is 11.5 Å². The van der Waals surface area contributed by atoms with Crippen molar-refractivity contribution in [2.45, 2.75) is 128 Å². The summed E-state index contributed by atoms with van der Waals surface area (Å²) in [4.78, 5) is 13.0. The summed E-state index contributed by atoms with van der Waals surface area (Å²) in [7, 11) is 3.28. The molecule has 0 radical (unpaired) electrons. The van der Waals surface area contributed by atoms with Crippen LogP contribution in [-0.4, -0.2) is 33.5 Å². The Hall–Kier alpha value is -3.51. The molecule has 0 saturated heterocycles. The van der Waals surface area contributed by atoms with Crippen LogP contribution < -0.4 is 14.8 Å². The molecule has 2 unspecified atom stereocenters. The highest BCUT2D eigenvalue weighted by molar-refractivity contribution is 5.67. The third-order valence-electron chi connectivity index (χ3n) is 9.77. The number of carbonyl (C=O) groups excluding carboxylic acids is 1. The number of hydrogen-bond acceptors (Lipinski definition) is 5. The minimum atomic E-state index is -1.18. The fourth-order valence-electron chi connectivity index (χ4n) is 6.67. The molecule has 270 valence electrons. The minimum Gasteiger partial charge on any atom is -0.497 e. The van der Waals surface area contributed by atoms with Gasteiger partial charge < -0.3 is 24.3 Å². The predicted octanol–water partition coefficient (Wildman–Crippen LogP) is 11.5. The Morgan fingerprint density at radius 1 is 0.592 bits per heavy atom. The molecule has 2 atom stereocenters. The number of alkyl carbamates (subject to hydrolysis) is 1. The summed E-state index contributed by atoms with van der Waals surface area (Å²) in [5, 5.41) is 2.96. The van der Waals surface area contributed by atoms with Crippen molar-refractivity contribution in [3.05, 3.63) is 96.1 Å². The number of methoxy groups -OCH3 is 2. The van der Waals surface area contributed by atoms with Gasteiger partial charge in [0.2, 0.25) is 0 Å². The minimum absolute atomic E-state index is 0.0557. The number of unbranched alkanes of at least 4 members (excludes halogenated alkanes) is 15. The van der Waals surface area contributed by atoms with Crippen LogP contribution in [-0.2, 0) is 20.7 Å². The van der Waals surface area contributed by atoms with E-state index in [0.717, 1.165) is 29.7 Å². The largest absolute Gasteiger partial charge is 0.497 e. The van der Waals surface area contributed by atoms with Crippen LogP contribution in [0.3, 0.4) is 0 Å². The average Bonchev–Trinajstić information content (AvgIpc) is 3.14. The van der Waals surface area contributed by atoms with E-state index >= 15 is 0 Å². The number of amides is 1. The van der Waals surface area contributed by atoms with Gasteiger partial charge in [0.25, 0.3) is 0 Å². The molecule has 6 heteroatoms. The van der Waals surface area contributed by atoms with Gasteiger partial charge in [-0.25, -0.2) is 4.79 Å². The number of hydrogen-bond donors (Lipinski definition) is 1. The van der Waals surface area contributed by atoms with Gasteiger partial charge in [-0.3, -0.25) is 0 Å². The van der Waals surface area contributed by atoms with Crippen LogP contribution in [0.4, 0.5) is 4.79 Å². The number of ether oxygens (including phenoxy) is 4. The molecular formula is C43H63NO5. The molecular weight excluding hydrogens is 610 g/mol. The van der Waals surface area contributed by atoms with E-state index in [9.17, 15) is 4.79 Å². The molecule has 0 aliphatic carbocycles. The Morgan fingerprint density at radius 3 is 1.51 bits per heavy atom. The van der Waals surface area contributed by atoms with Crippen molar-refractivity contribution in [2.75, 3.05) is 27.4 Å². The van der Waals surface area contributed by atoms with Crippen molar-refractivity contribution in [1.29, 1.82) is 0 Å². The van der Waals surface area contributed by atoms with Gasteiger partial charge in [-0.1, -0.05) is 164 Å². The maximum atomic E-state index is 13.0. The number of rotatable bonds is 26. The van der Waals surface area contributed by atoms with Gasteiger partial charge in [-0.15, -0.1) is 0 Å². The van der Waals surface area contributed by atoms with Crippen LogP contribution in [0.5, 0.6) is 11.5 Å². The van der Waals surface area contributed by atoms with Crippen LogP contribution in [0.15, 0.2) is 84.9 Å². The maximum Gasteiger partial charge on any atom is 0.407 e. The number of carbonyl (C=O) groups is 1. The first kappa shape index (κ1) is 39.9. The van der Waals surface area contributed by atoms with Crippen molar-refractivity contribution < 1.29 is 23.7 Å². The van der Waals surface area contributed by atoms with Gasteiger partial charge in [-0.2, -0.15) is 0 Å². The molecule has 0 heterocycles. The summed E-state index contributed by atoms with van der Waals surface area (Å²) in [5.74, 6) is 1.37. The first-order chi connectivity index (χ1) is 24.0. The highest BCUT2D eigenvalue weighted by Gasteiger charge is 2.55. The zero-order valence-electron chi connectivity index (χ0n) is 30.9. The predicted molar refractivity (Wildman–Crippen MR) is 201 cm³/mol. The van der Waals surface area contributed by atoms with Crippen LogP contribution in [0.2, 0.25) is 0 Å². The number of benzene rings is 3. The lowest BCUT2D eigenvalue weighted by Crippen LogP contribution is -2.56. The van der Waals surface area contributed by atoms with Crippen molar-refractivity contribution in [1.82, 2.24) is 5.32 Å².